The summed E-state index contributed by atoms with van der Waals surface area (Å²) in [7, 11) is -1.91. The highest BCUT2D eigenvalue weighted by molar-refractivity contribution is 6.74. The molecule has 0 aliphatic heterocycles. The normalized spacial score (nSPS) is 15.2. The van der Waals surface area contributed by atoms with E-state index in [-0.39, 0.29) is 23.7 Å². The summed E-state index contributed by atoms with van der Waals surface area (Å²) >= 11 is 0. The molecule has 0 unspecified atom stereocenters. The topological polar surface area (TPSA) is 55.8 Å². The van der Waals surface area contributed by atoms with Crippen molar-refractivity contribution in [3.63, 3.8) is 0 Å². The smallest absolute Gasteiger partial charge is 0.303 e. The maximum absolute atomic E-state index is 10.5. The van der Waals surface area contributed by atoms with Crippen molar-refractivity contribution in [1.29, 1.82) is 0 Å². The molecule has 0 amide bonds. The first kappa shape index (κ1) is 18.2. The van der Waals surface area contributed by atoms with E-state index < -0.39 is 14.4 Å². The SMILES string of the molecule is CC(=O)OCC#C[C@H](O)[C@H](C)O[Si](C)(C)C(C)(C)C. The van der Waals surface area contributed by atoms with Gasteiger partial charge in [0.25, 0.3) is 0 Å². The Hall–Kier alpha value is -0.833. The van der Waals surface area contributed by atoms with Crippen molar-refractivity contribution in [3.05, 3.63) is 0 Å². The predicted molar refractivity (Wildman–Crippen MR) is 78.2 cm³/mol. The molecular formula is C14H26O4Si. The fourth-order valence-corrected chi connectivity index (χ4v) is 2.52. The third-order valence-corrected chi connectivity index (χ3v) is 7.90. The van der Waals surface area contributed by atoms with Crippen LogP contribution in [0.25, 0.3) is 0 Å². The number of hydrogen-bond donors (Lipinski definition) is 1. The number of esters is 1. The molecule has 2 atom stereocenters. The molecule has 0 aromatic carbocycles. The van der Waals surface area contributed by atoms with Crippen LogP contribution in [0.2, 0.25) is 18.1 Å². The number of rotatable bonds is 4. The highest BCUT2D eigenvalue weighted by Crippen LogP contribution is 2.37. The molecular weight excluding hydrogens is 260 g/mol. The monoisotopic (exact) mass is 286 g/mol. The van der Waals surface area contributed by atoms with Crippen molar-refractivity contribution >= 4 is 14.3 Å². The zero-order valence-electron chi connectivity index (χ0n) is 13.0. The number of carbonyl (C=O) groups is 1. The number of carbonyl (C=O) groups excluding carboxylic acids is 1. The summed E-state index contributed by atoms with van der Waals surface area (Å²) in [5, 5.41) is 9.98. The number of hydrogen-bond acceptors (Lipinski definition) is 4. The summed E-state index contributed by atoms with van der Waals surface area (Å²) in [5.41, 5.74) is 0. The van der Waals surface area contributed by atoms with Crippen LogP contribution < -0.4 is 0 Å². The van der Waals surface area contributed by atoms with Crippen molar-refractivity contribution in [2.75, 3.05) is 6.61 Å². The quantitative estimate of drug-likeness (QED) is 0.489. The molecule has 0 aromatic heterocycles. The minimum Gasteiger partial charge on any atom is -0.453 e. The van der Waals surface area contributed by atoms with Crippen LogP contribution in [0, 0.1) is 11.8 Å². The minimum absolute atomic E-state index is 0.000788. The van der Waals surface area contributed by atoms with Crippen LogP contribution in [0.5, 0.6) is 0 Å². The summed E-state index contributed by atoms with van der Waals surface area (Å²) in [5.74, 6) is 4.87. The molecule has 0 aromatic rings. The highest BCUT2D eigenvalue weighted by atomic mass is 28.4. The van der Waals surface area contributed by atoms with E-state index in [1.54, 1.807) is 0 Å². The first-order valence-corrected chi connectivity index (χ1v) is 9.36. The van der Waals surface area contributed by atoms with Gasteiger partial charge in [-0.3, -0.25) is 4.79 Å². The lowest BCUT2D eigenvalue weighted by atomic mass is 10.2. The Bertz CT molecular complexity index is 360. The fourth-order valence-electron chi connectivity index (χ4n) is 1.11. The van der Waals surface area contributed by atoms with E-state index >= 15 is 0 Å². The van der Waals surface area contributed by atoms with Crippen LogP contribution in [0.15, 0.2) is 0 Å². The van der Waals surface area contributed by atoms with E-state index in [0.29, 0.717) is 0 Å². The minimum atomic E-state index is -1.91. The van der Waals surface area contributed by atoms with Gasteiger partial charge in [-0.2, -0.15) is 0 Å². The molecule has 0 rings (SSSR count). The van der Waals surface area contributed by atoms with E-state index in [9.17, 15) is 9.90 Å². The summed E-state index contributed by atoms with van der Waals surface area (Å²) in [6, 6.07) is 0. The number of ether oxygens (including phenoxy) is 1. The predicted octanol–water partition coefficient (Wildman–Crippen LogP) is 2.32. The van der Waals surface area contributed by atoms with Gasteiger partial charge in [-0.05, 0) is 25.1 Å². The highest BCUT2D eigenvalue weighted by Gasteiger charge is 2.39. The van der Waals surface area contributed by atoms with Gasteiger partial charge in [-0.25, -0.2) is 0 Å². The van der Waals surface area contributed by atoms with Gasteiger partial charge < -0.3 is 14.3 Å². The standard InChI is InChI=1S/C14H26O4Si/c1-11(18-19(6,7)14(3,4)5)13(16)9-8-10-17-12(2)15/h11,13,16H,10H2,1-7H3/t11-,13-/m0/s1. The molecule has 19 heavy (non-hydrogen) atoms. The summed E-state index contributed by atoms with van der Waals surface area (Å²) in [6.45, 7) is 13.8. The third-order valence-electron chi connectivity index (χ3n) is 3.33. The first-order chi connectivity index (χ1) is 8.47. The lowest BCUT2D eigenvalue weighted by molar-refractivity contribution is -0.139. The second kappa shape index (κ2) is 7.08. The van der Waals surface area contributed by atoms with Crippen molar-refractivity contribution in [1.82, 2.24) is 0 Å². The Labute approximate surface area is 117 Å². The Morgan fingerprint density at radius 1 is 1.37 bits per heavy atom. The van der Waals surface area contributed by atoms with Crippen molar-refractivity contribution < 1.29 is 19.1 Å². The zero-order chi connectivity index (χ0) is 15.3. The van der Waals surface area contributed by atoms with Crippen LogP contribution in [0.1, 0.15) is 34.6 Å². The Kier molecular flexibility index (Phi) is 6.77. The molecule has 110 valence electrons. The van der Waals surface area contributed by atoms with Crippen LogP contribution in [-0.4, -0.2) is 38.2 Å². The van der Waals surface area contributed by atoms with E-state index in [1.165, 1.54) is 6.92 Å². The van der Waals surface area contributed by atoms with Crippen LogP contribution in [0.3, 0.4) is 0 Å². The molecule has 4 nitrogen and oxygen atoms in total. The molecule has 0 spiro atoms. The molecule has 0 bridgehead atoms. The maximum Gasteiger partial charge on any atom is 0.303 e. The number of aliphatic hydroxyl groups excluding tert-OH is 1. The molecule has 0 aliphatic carbocycles. The second-order valence-electron chi connectivity index (χ2n) is 6.13. The van der Waals surface area contributed by atoms with Gasteiger partial charge in [0.15, 0.2) is 14.9 Å². The molecule has 0 fully saturated rings. The van der Waals surface area contributed by atoms with Crippen LogP contribution in [0.4, 0.5) is 0 Å². The summed E-state index contributed by atoms with van der Waals surface area (Å²) in [4.78, 5) is 10.5. The number of aliphatic hydroxyl groups is 1. The van der Waals surface area contributed by atoms with E-state index in [0.717, 1.165) is 0 Å². The largest absolute Gasteiger partial charge is 0.453 e. The Morgan fingerprint density at radius 3 is 2.32 bits per heavy atom. The average Bonchev–Trinajstić information content (AvgIpc) is 2.21. The van der Waals surface area contributed by atoms with Crippen LogP contribution in [-0.2, 0) is 14.0 Å². The molecule has 0 saturated carbocycles. The average molecular weight is 286 g/mol. The molecule has 1 N–H and O–H groups in total. The van der Waals surface area contributed by atoms with E-state index in [1.807, 2.05) is 6.92 Å². The first-order valence-electron chi connectivity index (χ1n) is 6.45. The zero-order valence-corrected chi connectivity index (χ0v) is 14.0. The van der Waals surface area contributed by atoms with Crippen molar-refractivity contribution in [2.24, 2.45) is 0 Å². The molecule has 5 heteroatoms. The molecule has 0 heterocycles. The van der Waals surface area contributed by atoms with Gasteiger partial charge in [0.2, 0.25) is 0 Å². The van der Waals surface area contributed by atoms with Crippen molar-refractivity contribution in [3.8, 4) is 11.8 Å². The van der Waals surface area contributed by atoms with E-state index in [2.05, 4.69) is 50.4 Å². The van der Waals surface area contributed by atoms with Gasteiger partial charge in [0, 0.05) is 6.92 Å². The summed E-state index contributed by atoms with van der Waals surface area (Å²) < 4.78 is 10.7. The van der Waals surface area contributed by atoms with Gasteiger partial charge in [0.05, 0.1) is 6.10 Å². The van der Waals surface area contributed by atoms with Gasteiger partial charge in [-0.1, -0.05) is 32.6 Å². The van der Waals surface area contributed by atoms with E-state index in [4.69, 9.17) is 4.43 Å². The third kappa shape index (κ3) is 6.76. The molecule has 0 saturated heterocycles. The fraction of sp³-hybridized carbons (Fsp3) is 0.786. The van der Waals surface area contributed by atoms with Gasteiger partial charge >= 0.3 is 5.97 Å². The van der Waals surface area contributed by atoms with Crippen molar-refractivity contribution in [2.45, 2.75) is 65.0 Å². The second-order valence-corrected chi connectivity index (χ2v) is 10.9. The lowest BCUT2D eigenvalue weighted by Crippen LogP contribution is -2.45. The lowest BCUT2D eigenvalue weighted by Gasteiger charge is -2.38. The van der Waals surface area contributed by atoms with Crippen LogP contribution >= 0.6 is 0 Å². The molecule has 0 radical (unpaired) electrons. The Morgan fingerprint density at radius 2 is 1.89 bits per heavy atom. The Balaban J connectivity index is 4.42. The molecule has 0 aliphatic rings. The summed E-state index contributed by atoms with van der Waals surface area (Å²) in [6.07, 6.45) is -1.23. The maximum atomic E-state index is 10.5. The van der Waals surface area contributed by atoms with Gasteiger partial charge in [-0.15, -0.1) is 0 Å². The van der Waals surface area contributed by atoms with Gasteiger partial charge in [0.1, 0.15) is 6.10 Å².